The Bertz CT molecular complexity index is 2050. The summed E-state index contributed by atoms with van der Waals surface area (Å²) in [6.45, 7) is 7.78. The Morgan fingerprint density at radius 1 is 0.500 bits per heavy atom. The lowest BCUT2D eigenvalue weighted by atomic mass is 9.99. The van der Waals surface area contributed by atoms with Gasteiger partial charge in [0.2, 0.25) is 11.5 Å². The summed E-state index contributed by atoms with van der Waals surface area (Å²) in [7, 11) is 0. The van der Waals surface area contributed by atoms with Gasteiger partial charge in [0.05, 0.1) is 34.4 Å². The highest BCUT2D eigenvalue weighted by atomic mass is 19.4. The maximum Gasteiger partial charge on any atom is 0.422 e. The van der Waals surface area contributed by atoms with Gasteiger partial charge < -0.3 is 0 Å². The minimum Gasteiger partial charge on any atom is -0.237 e. The average Bonchev–Trinajstić information content (AvgIpc) is 3.75. The summed E-state index contributed by atoms with van der Waals surface area (Å²) in [5.74, 6) is -35.7. The molecule has 0 amide bonds. The smallest absolute Gasteiger partial charge is 0.237 e. The first-order chi connectivity index (χ1) is 22.2. The van der Waals surface area contributed by atoms with Gasteiger partial charge in [0.1, 0.15) is 17.7 Å². The third-order valence-electron chi connectivity index (χ3n) is 6.74. The molecule has 0 bridgehead atoms. The van der Waals surface area contributed by atoms with Crippen molar-refractivity contribution < 1.29 is 70.2 Å². The van der Waals surface area contributed by atoms with Crippen molar-refractivity contribution in [2.24, 2.45) is 0 Å². The highest BCUT2D eigenvalue weighted by Gasteiger charge is 2.48. The molecule has 0 unspecified atom stereocenters. The van der Waals surface area contributed by atoms with E-state index in [1.807, 2.05) is 0 Å². The van der Waals surface area contributed by atoms with Gasteiger partial charge in [0.25, 0.3) is 0 Å². The molecule has 0 aromatic heterocycles. The van der Waals surface area contributed by atoms with Gasteiger partial charge in [-0.05, 0) is 23.6 Å². The highest BCUT2D eigenvalue weighted by molar-refractivity contribution is 6.11. The van der Waals surface area contributed by atoms with Gasteiger partial charge in [0.15, 0.2) is 69.8 Å². The molecule has 0 heterocycles. The van der Waals surface area contributed by atoms with E-state index in [9.17, 15) is 80.8 Å². The van der Waals surface area contributed by atoms with Crippen molar-refractivity contribution in [3.05, 3.63) is 132 Å². The predicted molar refractivity (Wildman–Crippen MR) is 127 cm³/mol. The first-order valence-corrected chi connectivity index (χ1v) is 11.9. The van der Waals surface area contributed by atoms with Crippen LogP contribution in [-0.4, -0.2) is 0 Å². The van der Waals surface area contributed by atoms with Crippen molar-refractivity contribution in [1.29, 1.82) is 10.5 Å². The summed E-state index contributed by atoms with van der Waals surface area (Å²) < 4.78 is 228. The van der Waals surface area contributed by atoms with Gasteiger partial charge >= 0.3 is 6.18 Å². The van der Waals surface area contributed by atoms with Crippen LogP contribution in [-0.2, 0) is 6.18 Å². The lowest BCUT2D eigenvalue weighted by molar-refractivity contribution is -0.143. The molecule has 1 saturated carbocycles. The number of halogens is 16. The van der Waals surface area contributed by atoms with Gasteiger partial charge in [-0.2, -0.15) is 23.7 Å². The Morgan fingerprint density at radius 3 is 1.12 bits per heavy atom. The van der Waals surface area contributed by atoms with E-state index in [1.54, 1.807) is 0 Å². The van der Waals surface area contributed by atoms with Crippen LogP contribution >= 0.6 is 0 Å². The summed E-state index contributed by atoms with van der Waals surface area (Å²) >= 11 is 0. The van der Waals surface area contributed by atoms with Crippen LogP contribution in [0.15, 0.2) is 16.7 Å². The van der Waals surface area contributed by atoms with Crippen molar-refractivity contribution in [1.82, 2.24) is 0 Å². The molecule has 1 aliphatic carbocycles. The standard InChI is InChI=1S/C29H3F16N3/c1-5-15(30)17(32)10(18(33)16(5)31)6(3-46)8-9(7(4-47)11-19(34)25(40)27(42)26(41)20(11)35)12(8)28(48-2)13-21(36)23(38)14(29(43,44)45)24(39)22(13)37/h1H3. The number of nitriles is 2. The van der Waals surface area contributed by atoms with Gasteiger partial charge in [-0.1, -0.05) is 0 Å². The third-order valence-corrected chi connectivity index (χ3v) is 6.74. The van der Waals surface area contributed by atoms with Crippen LogP contribution in [0.4, 0.5) is 70.2 Å². The number of nitrogens with zero attached hydrogens (tertiary/aromatic N) is 3. The molecule has 0 aliphatic heterocycles. The molecule has 19 heteroatoms. The van der Waals surface area contributed by atoms with E-state index >= 15 is 0 Å². The zero-order chi connectivity index (χ0) is 36.5. The van der Waals surface area contributed by atoms with E-state index in [1.165, 1.54) is 0 Å². The van der Waals surface area contributed by atoms with Gasteiger partial charge in [-0.25, -0.2) is 61.9 Å². The zero-order valence-electron chi connectivity index (χ0n) is 22.4. The lowest BCUT2D eigenvalue weighted by Crippen LogP contribution is -2.16. The molecule has 3 aromatic rings. The van der Waals surface area contributed by atoms with Crippen LogP contribution in [0.25, 0.3) is 21.7 Å². The zero-order valence-corrected chi connectivity index (χ0v) is 22.4. The second-order valence-corrected chi connectivity index (χ2v) is 9.26. The summed E-state index contributed by atoms with van der Waals surface area (Å²) in [6, 6.07) is 1.75. The quantitative estimate of drug-likeness (QED) is 0.0901. The highest BCUT2D eigenvalue weighted by Crippen LogP contribution is 2.58. The van der Waals surface area contributed by atoms with Crippen molar-refractivity contribution in [3.63, 3.8) is 0 Å². The maximum absolute atomic E-state index is 15.0. The number of hydrogen-bond donors (Lipinski definition) is 0. The first kappa shape index (κ1) is 35.1. The van der Waals surface area contributed by atoms with Gasteiger partial charge in [-0.15, -0.1) is 0 Å². The number of benzene rings is 3. The van der Waals surface area contributed by atoms with E-state index in [4.69, 9.17) is 6.57 Å². The van der Waals surface area contributed by atoms with E-state index in [2.05, 4.69) is 4.85 Å². The predicted octanol–water partition coefficient (Wildman–Crippen LogP) is 9.42. The fraction of sp³-hybridized carbons (Fsp3) is 0.0690. The monoisotopic (exact) mass is 697 g/mol. The van der Waals surface area contributed by atoms with Crippen molar-refractivity contribution in [2.45, 2.75) is 13.1 Å². The van der Waals surface area contributed by atoms with E-state index in [0.29, 0.717) is 6.92 Å². The number of hydrogen-bond acceptors (Lipinski definition) is 2. The Morgan fingerprint density at radius 2 is 0.812 bits per heavy atom. The fourth-order valence-electron chi connectivity index (χ4n) is 4.51. The van der Waals surface area contributed by atoms with Crippen molar-refractivity contribution in [2.75, 3.05) is 0 Å². The Hall–Kier alpha value is -5.77. The van der Waals surface area contributed by atoms with Crippen molar-refractivity contribution in [3.8, 4) is 12.1 Å². The second-order valence-electron chi connectivity index (χ2n) is 9.26. The molecule has 3 nitrogen and oxygen atoms in total. The molecular weight excluding hydrogens is 694 g/mol. The third kappa shape index (κ3) is 4.92. The molecule has 246 valence electrons. The normalized spacial score (nSPS) is 15.9. The second kappa shape index (κ2) is 11.8. The summed E-state index contributed by atoms with van der Waals surface area (Å²) in [4.78, 5) is 2.44. The molecule has 0 spiro atoms. The maximum atomic E-state index is 15.0. The van der Waals surface area contributed by atoms with E-state index in [0.717, 1.165) is 12.1 Å². The van der Waals surface area contributed by atoms with Crippen LogP contribution in [0.3, 0.4) is 0 Å². The SMILES string of the molecule is [C-]#[N+]C(=C1C(=C(C#N)c2c(F)c(F)c(C)c(F)c2F)C1=C(C#N)c1c(F)c(F)c(F)c(F)c1F)c1c(F)c(F)c(C(F)(F)F)c(F)c1F. The van der Waals surface area contributed by atoms with E-state index < -0.39 is 143 Å². The number of rotatable bonds is 3. The van der Waals surface area contributed by atoms with E-state index in [-0.39, 0.29) is 0 Å². The summed E-state index contributed by atoms with van der Waals surface area (Å²) in [5, 5.41) is 19.4. The fourth-order valence-corrected chi connectivity index (χ4v) is 4.51. The molecule has 0 atom stereocenters. The van der Waals surface area contributed by atoms with Gasteiger partial charge in [-0.3, -0.25) is 0 Å². The molecule has 1 fully saturated rings. The van der Waals surface area contributed by atoms with Crippen LogP contribution < -0.4 is 0 Å². The van der Waals surface area contributed by atoms with Crippen LogP contribution in [0.1, 0.15) is 27.8 Å². The molecule has 3 aromatic carbocycles. The van der Waals surface area contributed by atoms with Crippen LogP contribution in [0.2, 0.25) is 0 Å². The largest absolute Gasteiger partial charge is 0.422 e. The molecule has 0 N–H and O–H groups in total. The topological polar surface area (TPSA) is 51.9 Å². The van der Waals surface area contributed by atoms with Crippen molar-refractivity contribution >= 4 is 16.8 Å². The Labute approximate surface area is 255 Å². The number of alkyl halides is 3. The van der Waals surface area contributed by atoms with Crippen LogP contribution in [0.5, 0.6) is 0 Å². The summed E-state index contributed by atoms with van der Waals surface area (Å²) in [5.41, 5.74) is -21.7. The number of allylic oxidation sites excluding steroid dienone is 5. The first-order valence-electron chi connectivity index (χ1n) is 11.9. The Balaban J connectivity index is 2.36. The molecule has 0 saturated heterocycles. The minimum absolute atomic E-state index is 0.487. The Kier molecular flexibility index (Phi) is 8.62. The van der Waals surface area contributed by atoms with Gasteiger partial charge in [0, 0.05) is 5.56 Å². The minimum atomic E-state index is -6.13. The van der Waals surface area contributed by atoms with Crippen LogP contribution in [0, 0.1) is 112 Å². The molecule has 48 heavy (non-hydrogen) atoms. The summed E-state index contributed by atoms with van der Waals surface area (Å²) in [6.07, 6.45) is -6.13. The molecule has 1 aliphatic rings. The molecule has 0 radical (unpaired) electrons. The molecule has 4 rings (SSSR count). The lowest BCUT2D eigenvalue weighted by Gasteiger charge is -2.13. The average molecular weight is 697 g/mol. The molecular formula is C29H3F16N3.